The van der Waals surface area contributed by atoms with Gasteiger partial charge in [-0.1, -0.05) is 129 Å². The molecule has 0 amide bonds. The fourth-order valence-electron chi connectivity index (χ4n) is 7.47. The molecule has 3 nitrogen and oxygen atoms in total. The highest BCUT2D eigenvalue weighted by atomic mass is 16.5. The first-order valence-electron chi connectivity index (χ1n) is 16.3. The minimum atomic E-state index is -0.223. The molecule has 0 bridgehead atoms. The smallest absolute Gasteiger partial charge is 0.196 e. The van der Waals surface area contributed by atoms with Crippen LogP contribution in [0.1, 0.15) is 36.8 Å². The van der Waals surface area contributed by atoms with Crippen molar-refractivity contribution in [3.05, 3.63) is 174 Å². The van der Waals surface area contributed by atoms with Crippen LogP contribution in [0.4, 0.5) is 22.7 Å². The van der Waals surface area contributed by atoms with Gasteiger partial charge in [0.05, 0.1) is 5.69 Å². The van der Waals surface area contributed by atoms with E-state index in [1.54, 1.807) is 0 Å². The molecule has 226 valence electrons. The fraction of sp³-hybridized carbons (Fsp3) is 0.0909. The Bertz CT molecular complexity index is 2290. The van der Waals surface area contributed by atoms with Crippen molar-refractivity contribution in [1.82, 2.24) is 0 Å². The van der Waals surface area contributed by atoms with Crippen LogP contribution >= 0.6 is 0 Å². The Morgan fingerprint density at radius 2 is 1.21 bits per heavy atom. The van der Waals surface area contributed by atoms with Crippen molar-refractivity contribution >= 4 is 33.5 Å². The first-order chi connectivity index (χ1) is 23.0. The maximum absolute atomic E-state index is 6.41. The van der Waals surface area contributed by atoms with Crippen LogP contribution in [-0.2, 0) is 5.41 Å². The van der Waals surface area contributed by atoms with Gasteiger partial charge in [-0.05, 0) is 81.2 Å². The quantitative estimate of drug-likeness (QED) is 0.211. The molecule has 3 heteroatoms. The molecule has 1 unspecified atom stereocenters. The summed E-state index contributed by atoms with van der Waals surface area (Å²) in [6.07, 6.45) is -0.223. The van der Waals surface area contributed by atoms with Crippen molar-refractivity contribution in [3.63, 3.8) is 0 Å². The van der Waals surface area contributed by atoms with Crippen molar-refractivity contribution in [2.75, 3.05) is 10.2 Å². The van der Waals surface area contributed by atoms with E-state index in [9.17, 15) is 0 Å². The maximum Gasteiger partial charge on any atom is 0.196 e. The van der Waals surface area contributed by atoms with Crippen LogP contribution in [0, 0.1) is 0 Å². The number of benzene rings is 7. The minimum absolute atomic E-state index is 0.0998. The molecule has 7 aromatic carbocycles. The third-order valence-electron chi connectivity index (χ3n) is 9.88. The molecule has 1 aliphatic heterocycles. The van der Waals surface area contributed by atoms with Crippen LogP contribution < -0.4 is 15.0 Å². The third kappa shape index (κ3) is 4.50. The van der Waals surface area contributed by atoms with Gasteiger partial charge in [-0.2, -0.15) is 0 Å². The van der Waals surface area contributed by atoms with Gasteiger partial charge in [-0.15, -0.1) is 0 Å². The minimum Gasteiger partial charge on any atom is -0.464 e. The zero-order valence-corrected chi connectivity index (χ0v) is 26.4. The Morgan fingerprint density at radius 1 is 0.553 bits per heavy atom. The summed E-state index contributed by atoms with van der Waals surface area (Å²) >= 11 is 0. The van der Waals surface area contributed by atoms with E-state index in [2.05, 4.69) is 176 Å². The van der Waals surface area contributed by atoms with E-state index in [0.717, 1.165) is 39.4 Å². The molecule has 1 N–H and O–H groups in total. The lowest BCUT2D eigenvalue weighted by Gasteiger charge is -2.29. The van der Waals surface area contributed by atoms with Crippen LogP contribution in [0.15, 0.2) is 158 Å². The maximum atomic E-state index is 6.41. The number of hydrogen-bond acceptors (Lipinski definition) is 3. The molecule has 1 atom stereocenters. The van der Waals surface area contributed by atoms with E-state index in [-0.39, 0.29) is 11.6 Å². The number of fused-ring (bicyclic) bond motifs is 6. The highest BCUT2D eigenvalue weighted by molar-refractivity contribution is 6.01. The SMILES string of the molecule is CC1(C)c2ccccc2-c2ccc(N(c3cccc(-c4ccccc4)c3)c3ccc4ccc5c(c4c3)NC(c3ccccc3)O5)cc21. The van der Waals surface area contributed by atoms with E-state index in [4.69, 9.17) is 4.74 Å². The van der Waals surface area contributed by atoms with Crippen LogP contribution in [0.3, 0.4) is 0 Å². The van der Waals surface area contributed by atoms with Crippen LogP contribution in [0.5, 0.6) is 5.75 Å². The van der Waals surface area contributed by atoms with E-state index < -0.39 is 0 Å². The molecule has 9 rings (SSSR count). The van der Waals surface area contributed by atoms with Gasteiger partial charge in [0.25, 0.3) is 0 Å². The van der Waals surface area contributed by atoms with Gasteiger partial charge in [0.15, 0.2) is 6.23 Å². The number of ether oxygens (including phenoxy) is 1. The average molecular weight is 607 g/mol. The van der Waals surface area contributed by atoms with Gasteiger partial charge in [-0.3, -0.25) is 0 Å². The summed E-state index contributed by atoms with van der Waals surface area (Å²) < 4.78 is 6.41. The number of nitrogens with zero attached hydrogens (tertiary/aromatic N) is 1. The Morgan fingerprint density at radius 3 is 2.06 bits per heavy atom. The molecule has 0 radical (unpaired) electrons. The highest BCUT2D eigenvalue weighted by Gasteiger charge is 2.36. The second-order valence-electron chi connectivity index (χ2n) is 13.0. The molecular weight excluding hydrogens is 572 g/mol. The van der Waals surface area contributed by atoms with Crippen LogP contribution in [0.25, 0.3) is 33.0 Å². The summed E-state index contributed by atoms with van der Waals surface area (Å²) in [6, 6.07) is 56.7. The molecule has 0 saturated carbocycles. The van der Waals surface area contributed by atoms with E-state index >= 15 is 0 Å². The monoisotopic (exact) mass is 606 g/mol. The largest absolute Gasteiger partial charge is 0.464 e. The van der Waals surface area contributed by atoms with Gasteiger partial charge < -0.3 is 15.0 Å². The third-order valence-corrected chi connectivity index (χ3v) is 9.88. The molecule has 0 saturated heterocycles. The zero-order valence-electron chi connectivity index (χ0n) is 26.4. The molecule has 7 aromatic rings. The molecule has 2 aliphatic rings. The molecule has 0 spiro atoms. The molecule has 0 aromatic heterocycles. The normalized spacial score (nSPS) is 15.3. The van der Waals surface area contributed by atoms with Crippen molar-refractivity contribution in [2.45, 2.75) is 25.5 Å². The topological polar surface area (TPSA) is 24.5 Å². The summed E-state index contributed by atoms with van der Waals surface area (Å²) in [6.45, 7) is 4.69. The Labute approximate surface area is 275 Å². The van der Waals surface area contributed by atoms with Gasteiger partial charge in [0.2, 0.25) is 0 Å². The predicted molar refractivity (Wildman–Crippen MR) is 195 cm³/mol. The first kappa shape index (κ1) is 27.5. The Hall–Kier alpha value is -5.80. The van der Waals surface area contributed by atoms with E-state index in [0.29, 0.717) is 0 Å². The second-order valence-corrected chi connectivity index (χ2v) is 13.0. The van der Waals surface area contributed by atoms with Crippen molar-refractivity contribution in [1.29, 1.82) is 0 Å². The summed E-state index contributed by atoms with van der Waals surface area (Å²) in [7, 11) is 0. The molecule has 0 fully saturated rings. The van der Waals surface area contributed by atoms with E-state index in [1.165, 1.54) is 38.8 Å². The molecule has 47 heavy (non-hydrogen) atoms. The Kier molecular flexibility index (Phi) is 6.23. The number of rotatable bonds is 5. The van der Waals surface area contributed by atoms with Crippen molar-refractivity contribution in [3.8, 4) is 28.0 Å². The zero-order chi connectivity index (χ0) is 31.5. The fourth-order valence-corrected chi connectivity index (χ4v) is 7.47. The summed E-state index contributed by atoms with van der Waals surface area (Å²) in [5, 5.41) is 5.99. The summed E-state index contributed by atoms with van der Waals surface area (Å²) in [4.78, 5) is 2.40. The lowest BCUT2D eigenvalue weighted by Crippen LogP contribution is -2.16. The average Bonchev–Trinajstić information content (AvgIpc) is 3.67. The molecular formula is C44H34N2O. The highest BCUT2D eigenvalue weighted by Crippen LogP contribution is 2.51. The van der Waals surface area contributed by atoms with Gasteiger partial charge in [0.1, 0.15) is 5.75 Å². The number of anilines is 4. The number of hydrogen-bond donors (Lipinski definition) is 1. The van der Waals surface area contributed by atoms with Gasteiger partial charge >= 0.3 is 0 Å². The standard InChI is InChI=1S/C44H34N2O/c1-44(2)39-19-10-9-18-36(39)37-24-23-35(28-40(37)44)46(33-17-11-16-32(26-33)29-12-5-3-6-13-29)34-22-20-30-21-25-41-42(38(30)27-34)45-43(47-41)31-14-7-4-8-15-31/h3-28,43,45H,1-2H3. The summed E-state index contributed by atoms with van der Waals surface area (Å²) in [5.41, 5.74) is 13.1. The predicted octanol–water partition coefficient (Wildman–Crippen LogP) is 11.8. The van der Waals surface area contributed by atoms with Gasteiger partial charge in [0, 0.05) is 33.4 Å². The van der Waals surface area contributed by atoms with Crippen molar-refractivity contribution < 1.29 is 4.74 Å². The lowest BCUT2D eigenvalue weighted by molar-refractivity contribution is 0.260. The second kappa shape index (κ2) is 10.6. The van der Waals surface area contributed by atoms with Gasteiger partial charge in [-0.25, -0.2) is 0 Å². The van der Waals surface area contributed by atoms with Crippen LogP contribution in [-0.4, -0.2) is 0 Å². The van der Waals surface area contributed by atoms with Crippen molar-refractivity contribution in [2.24, 2.45) is 0 Å². The summed E-state index contributed by atoms with van der Waals surface area (Å²) in [5.74, 6) is 0.873. The molecule has 1 aliphatic carbocycles. The van der Waals surface area contributed by atoms with E-state index in [1.807, 2.05) is 6.07 Å². The molecule has 1 heterocycles. The number of nitrogens with one attached hydrogen (secondary N) is 1. The lowest BCUT2D eigenvalue weighted by atomic mass is 9.82. The van der Waals surface area contributed by atoms with Crippen LogP contribution in [0.2, 0.25) is 0 Å². The first-order valence-corrected chi connectivity index (χ1v) is 16.3. The Balaban J connectivity index is 1.21.